The van der Waals surface area contributed by atoms with Gasteiger partial charge in [0.25, 0.3) is 0 Å². The predicted molar refractivity (Wildman–Crippen MR) is 115 cm³/mol. The number of hydrogen-bond donors (Lipinski definition) is 2. The molecular weight excluding hydrogens is 352 g/mol. The van der Waals surface area contributed by atoms with Crippen molar-refractivity contribution in [3.05, 3.63) is 54.1 Å². The summed E-state index contributed by atoms with van der Waals surface area (Å²) in [5.41, 5.74) is 2.22. The van der Waals surface area contributed by atoms with E-state index in [-0.39, 0.29) is 0 Å². The highest BCUT2D eigenvalue weighted by Crippen LogP contribution is 2.27. The lowest BCUT2D eigenvalue weighted by Crippen LogP contribution is -2.52. The molecule has 0 radical (unpaired) electrons. The number of hydrogen-bond acceptors (Lipinski definition) is 4. The van der Waals surface area contributed by atoms with Crippen LogP contribution in [-0.4, -0.2) is 62.8 Å². The maximum atomic E-state index is 10.1. The van der Waals surface area contributed by atoms with Crippen LogP contribution in [0.1, 0.15) is 12.0 Å². The van der Waals surface area contributed by atoms with E-state index < -0.39 is 0 Å². The van der Waals surface area contributed by atoms with Crippen molar-refractivity contribution in [1.82, 2.24) is 10.2 Å². The second-order valence-electron chi connectivity index (χ2n) is 6.89. The molecule has 1 aliphatic rings. The van der Waals surface area contributed by atoms with Gasteiger partial charge in [-0.15, -0.1) is 0 Å². The van der Waals surface area contributed by atoms with Crippen LogP contribution in [0.2, 0.25) is 0 Å². The molecule has 0 aromatic heterocycles. The molecule has 0 unspecified atom stereocenters. The zero-order valence-electron chi connectivity index (χ0n) is 16.8. The molecule has 0 bridgehead atoms. The van der Waals surface area contributed by atoms with Crippen molar-refractivity contribution in [3.8, 4) is 11.5 Å². The van der Waals surface area contributed by atoms with Gasteiger partial charge in [0.05, 0.1) is 12.8 Å². The van der Waals surface area contributed by atoms with Gasteiger partial charge in [-0.1, -0.05) is 24.3 Å². The number of methoxy groups -OCH3 is 1. The zero-order valence-corrected chi connectivity index (χ0v) is 16.8. The summed E-state index contributed by atoms with van der Waals surface area (Å²) in [7, 11) is 3.52. The number of piperazine rings is 1. The third kappa shape index (κ3) is 5.09. The van der Waals surface area contributed by atoms with E-state index in [9.17, 15) is 5.11 Å². The topological polar surface area (TPSA) is 60.3 Å². The monoisotopic (exact) mass is 382 g/mol. The van der Waals surface area contributed by atoms with Crippen LogP contribution >= 0.6 is 0 Å². The summed E-state index contributed by atoms with van der Waals surface area (Å²) in [6.45, 7) is 4.38. The first-order chi connectivity index (χ1) is 13.7. The third-order valence-electron chi connectivity index (χ3n) is 5.10. The van der Waals surface area contributed by atoms with Gasteiger partial charge in [-0.2, -0.15) is 0 Å². The fraction of sp³-hybridized carbons (Fsp3) is 0.409. The van der Waals surface area contributed by atoms with Crippen molar-refractivity contribution in [3.63, 3.8) is 0 Å². The summed E-state index contributed by atoms with van der Waals surface area (Å²) in [5.74, 6) is 2.19. The van der Waals surface area contributed by atoms with E-state index in [0.29, 0.717) is 5.75 Å². The van der Waals surface area contributed by atoms with Crippen LogP contribution in [0.25, 0.3) is 0 Å². The van der Waals surface area contributed by atoms with E-state index in [1.54, 1.807) is 13.2 Å². The molecule has 150 valence electrons. The Morgan fingerprint density at radius 2 is 1.79 bits per heavy atom. The Labute approximate surface area is 167 Å². The van der Waals surface area contributed by atoms with Crippen molar-refractivity contribution < 1.29 is 9.84 Å². The zero-order chi connectivity index (χ0) is 19.8. The van der Waals surface area contributed by atoms with Crippen molar-refractivity contribution in [2.24, 2.45) is 4.99 Å². The lowest BCUT2D eigenvalue weighted by atomic mass is 10.1. The van der Waals surface area contributed by atoms with Crippen LogP contribution in [0.3, 0.4) is 0 Å². The van der Waals surface area contributed by atoms with Crippen molar-refractivity contribution in [1.29, 1.82) is 0 Å². The van der Waals surface area contributed by atoms with Gasteiger partial charge in [-0.05, 0) is 42.7 Å². The maximum Gasteiger partial charge on any atom is 0.193 e. The number of aliphatic imine (C=N–C) groups is 1. The van der Waals surface area contributed by atoms with E-state index in [0.717, 1.165) is 63.0 Å². The summed E-state index contributed by atoms with van der Waals surface area (Å²) in [4.78, 5) is 8.95. The molecule has 1 aliphatic heterocycles. The van der Waals surface area contributed by atoms with Gasteiger partial charge < -0.3 is 25.0 Å². The first-order valence-corrected chi connectivity index (χ1v) is 9.82. The van der Waals surface area contributed by atoms with Crippen LogP contribution in [0.4, 0.5) is 5.69 Å². The molecule has 0 saturated carbocycles. The molecule has 1 saturated heterocycles. The molecule has 1 fully saturated rings. The van der Waals surface area contributed by atoms with Crippen molar-refractivity contribution >= 4 is 11.6 Å². The molecule has 2 aromatic rings. The lowest BCUT2D eigenvalue weighted by Gasteiger charge is -2.37. The first-order valence-electron chi connectivity index (χ1n) is 9.82. The van der Waals surface area contributed by atoms with E-state index >= 15 is 0 Å². The number of benzene rings is 2. The summed E-state index contributed by atoms with van der Waals surface area (Å²) in [6, 6.07) is 15.8. The summed E-state index contributed by atoms with van der Waals surface area (Å²) in [6.07, 6.45) is 2.07. The molecule has 0 aliphatic carbocycles. The number of nitrogens with one attached hydrogen (secondary N) is 1. The maximum absolute atomic E-state index is 10.1. The number of guanidine groups is 1. The van der Waals surface area contributed by atoms with E-state index in [1.165, 1.54) is 5.56 Å². The number of rotatable bonds is 6. The van der Waals surface area contributed by atoms with Crippen LogP contribution < -0.4 is 15.0 Å². The summed E-state index contributed by atoms with van der Waals surface area (Å²) in [5, 5.41) is 13.5. The van der Waals surface area contributed by atoms with Gasteiger partial charge in [-0.3, -0.25) is 4.99 Å². The van der Waals surface area contributed by atoms with Gasteiger partial charge in [-0.25, -0.2) is 0 Å². The predicted octanol–water partition coefficient (Wildman–Crippen LogP) is 2.73. The lowest BCUT2D eigenvalue weighted by molar-refractivity contribution is 0.369. The molecule has 1 heterocycles. The molecule has 3 rings (SSSR count). The van der Waals surface area contributed by atoms with Gasteiger partial charge in [0.15, 0.2) is 5.96 Å². The largest absolute Gasteiger partial charge is 0.506 e. The van der Waals surface area contributed by atoms with Crippen LogP contribution in [-0.2, 0) is 6.42 Å². The Hall–Kier alpha value is -2.89. The molecular formula is C22H30N4O2. The molecule has 6 heteroatoms. The smallest absolute Gasteiger partial charge is 0.193 e. The average Bonchev–Trinajstić information content (AvgIpc) is 2.75. The molecule has 0 spiro atoms. The molecule has 0 atom stereocenters. The standard InChI is InChI=1S/C22H30N4O2/c1-23-22(24-13-5-6-18-9-11-19(28-2)12-10-18)26-16-14-25(15-17-26)20-7-3-4-8-21(20)27/h3-4,7-12,27H,5-6,13-17H2,1-2H3,(H,23,24). The minimum absolute atomic E-state index is 0.344. The van der Waals surface area contributed by atoms with Gasteiger partial charge >= 0.3 is 0 Å². The number of phenolic OH excluding ortho intramolecular Hbond substituents is 1. The highest BCUT2D eigenvalue weighted by Gasteiger charge is 2.21. The van der Waals surface area contributed by atoms with E-state index in [1.807, 2.05) is 37.4 Å². The van der Waals surface area contributed by atoms with Crippen molar-refractivity contribution in [2.75, 3.05) is 51.8 Å². The molecule has 2 aromatic carbocycles. The quantitative estimate of drug-likeness (QED) is 0.457. The second kappa shape index (κ2) is 9.88. The van der Waals surface area contributed by atoms with E-state index in [2.05, 4.69) is 32.2 Å². The molecule has 0 amide bonds. The summed E-state index contributed by atoms with van der Waals surface area (Å²) >= 11 is 0. The number of phenols is 1. The fourth-order valence-electron chi connectivity index (χ4n) is 3.51. The minimum Gasteiger partial charge on any atom is -0.506 e. The van der Waals surface area contributed by atoms with E-state index in [4.69, 9.17) is 4.74 Å². The Balaban J connectivity index is 1.42. The number of nitrogens with zero attached hydrogens (tertiary/aromatic N) is 3. The van der Waals surface area contributed by atoms with Crippen LogP contribution in [0.15, 0.2) is 53.5 Å². The number of aromatic hydroxyl groups is 1. The normalized spacial score (nSPS) is 14.9. The minimum atomic E-state index is 0.344. The number of aryl methyl sites for hydroxylation is 1. The number of anilines is 1. The Bertz CT molecular complexity index is 768. The molecule has 28 heavy (non-hydrogen) atoms. The molecule has 2 N–H and O–H groups in total. The van der Waals surface area contributed by atoms with Gasteiger partial charge in [0, 0.05) is 39.8 Å². The third-order valence-corrected chi connectivity index (χ3v) is 5.10. The Morgan fingerprint density at radius 3 is 2.43 bits per heavy atom. The second-order valence-corrected chi connectivity index (χ2v) is 6.89. The van der Waals surface area contributed by atoms with Crippen LogP contribution in [0, 0.1) is 0 Å². The van der Waals surface area contributed by atoms with Crippen molar-refractivity contribution in [2.45, 2.75) is 12.8 Å². The average molecular weight is 383 g/mol. The van der Waals surface area contributed by atoms with Gasteiger partial charge in [0.2, 0.25) is 0 Å². The SMILES string of the molecule is CN=C(NCCCc1ccc(OC)cc1)N1CCN(c2ccccc2O)CC1. The molecule has 6 nitrogen and oxygen atoms in total. The Morgan fingerprint density at radius 1 is 1.07 bits per heavy atom. The Kier molecular flexibility index (Phi) is 7.00. The van der Waals surface area contributed by atoms with Crippen LogP contribution in [0.5, 0.6) is 11.5 Å². The van der Waals surface area contributed by atoms with Gasteiger partial charge in [0.1, 0.15) is 11.5 Å². The highest BCUT2D eigenvalue weighted by atomic mass is 16.5. The summed E-state index contributed by atoms with van der Waals surface area (Å²) < 4.78 is 5.20. The number of para-hydroxylation sites is 2. The first kappa shape index (κ1) is 19.9. The highest BCUT2D eigenvalue weighted by molar-refractivity contribution is 5.80. The fourth-order valence-corrected chi connectivity index (χ4v) is 3.51. The number of ether oxygens (including phenoxy) is 1.